The van der Waals surface area contributed by atoms with Gasteiger partial charge in [-0.15, -0.1) is 12.4 Å². The van der Waals surface area contributed by atoms with E-state index in [-0.39, 0.29) is 44.2 Å². The Morgan fingerprint density at radius 1 is 1.14 bits per heavy atom. The maximum Gasteiger partial charge on any atom is 0.396 e. The van der Waals surface area contributed by atoms with Gasteiger partial charge in [-0.25, -0.2) is 9.07 Å². The smallest absolute Gasteiger partial charge is 0.396 e. The van der Waals surface area contributed by atoms with Gasteiger partial charge in [0.2, 0.25) is 5.88 Å². The zero-order chi connectivity index (χ0) is 19.5. The molecule has 0 bridgehead atoms. The molecule has 1 fully saturated rings. The van der Waals surface area contributed by atoms with Crippen LogP contribution in [0.5, 0.6) is 5.88 Å². The normalized spacial score (nSPS) is 16.0. The summed E-state index contributed by atoms with van der Waals surface area (Å²) in [7, 11) is 0. The number of rotatable bonds is 7. The third kappa shape index (κ3) is 4.99. The van der Waals surface area contributed by atoms with Crippen LogP contribution in [0.2, 0.25) is 0 Å². The van der Waals surface area contributed by atoms with Crippen molar-refractivity contribution in [2.45, 2.75) is 64.8 Å². The molecule has 0 amide bonds. The van der Waals surface area contributed by atoms with Crippen LogP contribution in [-0.4, -0.2) is 16.0 Å². The minimum absolute atomic E-state index is 0. The van der Waals surface area contributed by atoms with Crippen molar-refractivity contribution >= 4 is 12.4 Å². The highest BCUT2D eigenvalue weighted by atomic mass is 35.5. The number of benzene rings is 1. The minimum Gasteiger partial charge on any atom is -0.473 e. The first-order chi connectivity index (χ1) is 12.8. The lowest BCUT2D eigenvalue weighted by Gasteiger charge is -2.31. The van der Waals surface area contributed by atoms with Crippen LogP contribution in [0.1, 0.15) is 50.3 Å². The third-order valence-corrected chi connectivity index (χ3v) is 5.21. The van der Waals surface area contributed by atoms with Crippen LogP contribution in [-0.2, 0) is 19.6 Å². The third-order valence-electron chi connectivity index (χ3n) is 5.21. The number of alkyl halides is 3. The van der Waals surface area contributed by atoms with Gasteiger partial charge in [0.25, 0.3) is 0 Å². The second-order valence-electron chi connectivity index (χ2n) is 7.28. The maximum atomic E-state index is 13.8. The zero-order valence-electron chi connectivity index (χ0n) is 15.8. The molecule has 0 N–H and O–H groups in total. The van der Waals surface area contributed by atoms with E-state index in [0.717, 1.165) is 17.7 Å². The molecule has 0 aliphatic heterocycles. The summed E-state index contributed by atoms with van der Waals surface area (Å²) >= 11 is 0. The lowest BCUT2D eigenvalue weighted by atomic mass is 9.85. The Labute approximate surface area is 168 Å². The van der Waals surface area contributed by atoms with Crippen LogP contribution in [0.4, 0.5) is 17.6 Å². The highest BCUT2D eigenvalue weighted by molar-refractivity contribution is 5.85. The van der Waals surface area contributed by atoms with Crippen molar-refractivity contribution < 1.29 is 22.3 Å². The molecule has 1 saturated carbocycles. The molecular formula is C20H25ClF4N2O. The molecule has 1 aromatic carbocycles. The zero-order valence-corrected chi connectivity index (χ0v) is 16.6. The summed E-state index contributed by atoms with van der Waals surface area (Å²) in [5.74, 6) is -0.0133. The Kier molecular flexibility index (Phi) is 7.37. The fraction of sp³-hybridized carbons (Fsp3) is 0.550. The van der Waals surface area contributed by atoms with Crippen LogP contribution in [0.25, 0.3) is 0 Å². The van der Waals surface area contributed by atoms with Gasteiger partial charge in [0.1, 0.15) is 12.4 Å². The van der Waals surface area contributed by atoms with E-state index in [1.807, 2.05) is 6.92 Å². The van der Waals surface area contributed by atoms with Crippen LogP contribution in [0.15, 0.2) is 30.3 Å². The van der Waals surface area contributed by atoms with Crippen molar-refractivity contribution in [1.29, 1.82) is 0 Å². The molecule has 0 saturated heterocycles. The van der Waals surface area contributed by atoms with Crippen LogP contribution in [0, 0.1) is 11.2 Å². The summed E-state index contributed by atoms with van der Waals surface area (Å²) in [6.45, 7) is 1.92. The minimum atomic E-state index is -4.27. The molecule has 0 unspecified atom stereocenters. The average Bonchev–Trinajstić information content (AvgIpc) is 3.23. The Morgan fingerprint density at radius 2 is 1.79 bits per heavy atom. The number of aryl methyl sites for hydroxylation is 1. The fourth-order valence-corrected chi connectivity index (χ4v) is 3.67. The Bertz CT molecular complexity index is 753. The van der Waals surface area contributed by atoms with Crippen molar-refractivity contribution in [3.8, 4) is 5.88 Å². The molecule has 3 nitrogen and oxygen atoms in total. The molecular weight excluding hydrogens is 396 g/mol. The van der Waals surface area contributed by atoms with E-state index in [9.17, 15) is 17.6 Å². The van der Waals surface area contributed by atoms with E-state index >= 15 is 0 Å². The number of hydrogen-bond acceptors (Lipinski definition) is 2. The molecule has 3 rings (SSSR count). The molecule has 1 heterocycles. The highest BCUT2D eigenvalue weighted by Gasteiger charge is 2.56. The first kappa shape index (κ1) is 22.5. The van der Waals surface area contributed by atoms with Gasteiger partial charge >= 0.3 is 6.18 Å². The van der Waals surface area contributed by atoms with Crippen molar-refractivity contribution in [2.75, 3.05) is 0 Å². The second-order valence-corrected chi connectivity index (χ2v) is 7.28. The molecule has 1 aromatic heterocycles. The van der Waals surface area contributed by atoms with Gasteiger partial charge in [0.05, 0.1) is 17.7 Å². The van der Waals surface area contributed by atoms with Gasteiger partial charge in [-0.1, -0.05) is 38.3 Å². The predicted molar refractivity (Wildman–Crippen MR) is 101 cm³/mol. The molecule has 0 radical (unpaired) electrons. The van der Waals surface area contributed by atoms with Gasteiger partial charge in [0, 0.05) is 6.07 Å². The number of aromatic nitrogens is 2. The SMILES string of the molecule is CCCc1cc(OCc2ccc(F)cc2)n(CC2(C(F)(F)F)CCCC2)n1.Cl. The lowest BCUT2D eigenvalue weighted by molar-refractivity contribution is -0.228. The number of halogens is 5. The number of ether oxygens (including phenoxy) is 1. The highest BCUT2D eigenvalue weighted by Crippen LogP contribution is 2.51. The van der Waals surface area contributed by atoms with Crippen LogP contribution in [0.3, 0.4) is 0 Å². The fourth-order valence-electron chi connectivity index (χ4n) is 3.67. The molecule has 1 aliphatic rings. The van der Waals surface area contributed by atoms with E-state index in [4.69, 9.17) is 4.74 Å². The van der Waals surface area contributed by atoms with E-state index in [1.54, 1.807) is 18.2 Å². The van der Waals surface area contributed by atoms with Gasteiger partial charge < -0.3 is 4.74 Å². The topological polar surface area (TPSA) is 27.1 Å². The molecule has 28 heavy (non-hydrogen) atoms. The van der Waals surface area contributed by atoms with Gasteiger partial charge in [-0.05, 0) is 37.0 Å². The van der Waals surface area contributed by atoms with Crippen molar-refractivity contribution in [3.63, 3.8) is 0 Å². The van der Waals surface area contributed by atoms with Crippen molar-refractivity contribution in [3.05, 3.63) is 47.4 Å². The standard InChI is InChI=1S/C20H24F4N2O.ClH/c1-2-5-17-12-18(27-13-15-6-8-16(21)9-7-15)26(25-17)14-19(20(22,23)24)10-3-4-11-19;/h6-9,12H,2-5,10-11,13-14H2,1H3;1H. The van der Waals surface area contributed by atoms with E-state index in [0.29, 0.717) is 25.1 Å². The molecule has 0 spiro atoms. The first-order valence-corrected chi connectivity index (χ1v) is 9.34. The Morgan fingerprint density at radius 3 is 2.36 bits per heavy atom. The van der Waals surface area contributed by atoms with Crippen molar-refractivity contribution in [2.24, 2.45) is 5.41 Å². The summed E-state index contributed by atoms with van der Waals surface area (Å²) in [5.41, 5.74) is -0.272. The van der Waals surface area contributed by atoms with Gasteiger partial charge in [0.15, 0.2) is 0 Å². The summed E-state index contributed by atoms with van der Waals surface area (Å²) in [5, 5.41) is 4.38. The van der Waals surface area contributed by atoms with E-state index < -0.39 is 11.6 Å². The Hall–Kier alpha value is -1.76. The second kappa shape index (κ2) is 9.16. The molecule has 1 aliphatic carbocycles. The summed E-state index contributed by atoms with van der Waals surface area (Å²) in [6.07, 6.45) is -1.34. The monoisotopic (exact) mass is 420 g/mol. The quantitative estimate of drug-likeness (QED) is 0.506. The summed E-state index contributed by atoms with van der Waals surface area (Å²) in [4.78, 5) is 0. The van der Waals surface area contributed by atoms with E-state index in [2.05, 4.69) is 5.10 Å². The summed E-state index contributed by atoms with van der Waals surface area (Å²) < 4.78 is 61.4. The van der Waals surface area contributed by atoms with E-state index in [1.165, 1.54) is 16.8 Å². The number of nitrogens with zero attached hydrogens (tertiary/aromatic N) is 2. The molecule has 0 atom stereocenters. The van der Waals surface area contributed by atoms with Gasteiger partial charge in [-0.2, -0.15) is 18.3 Å². The average molecular weight is 421 g/mol. The Balaban J connectivity index is 0.00000280. The van der Waals surface area contributed by atoms with Crippen molar-refractivity contribution in [1.82, 2.24) is 9.78 Å². The molecule has 156 valence electrons. The maximum absolute atomic E-state index is 13.8. The van der Waals surface area contributed by atoms with Crippen LogP contribution >= 0.6 is 12.4 Å². The molecule has 8 heteroatoms. The van der Waals surface area contributed by atoms with Gasteiger partial charge in [-0.3, -0.25) is 0 Å². The predicted octanol–water partition coefficient (Wildman–Crippen LogP) is 6.10. The van der Waals surface area contributed by atoms with Crippen LogP contribution < -0.4 is 4.74 Å². The molecule has 2 aromatic rings. The largest absolute Gasteiger partial charge is 0.473 e. The lowest BCUT2D eigenvalue weighted by Crippen LogP contribution is -2.39. The first-order valence-electron chi connectivity index (χ1n) is 9.34. The number of hydrogen-bond donors (Lipinski definition) is 0. The summed E-state index contributed by atoms with van der Waals surface area (Å²) in [6, 6.07) is 7.56.